The number of aliphatic hydroxyl groups excluding tert-OH is 2. The minimum absolute atomic E-state index is 0.0388. The Balaban J connectivity index is 1.19. The molecule has 2 heterocycles. The molecule has 0 spiro atoms. The maximum absolute atomic E-state index is 12.4. The first-order valence-corrected chi connectivity index (χ1v) is 14.8. The molecule has 3 unspecified atom stereocenters. The molecule has 4 aliphatic carbocycles. The molecule has 5 aliphatic rings. The monoisotopic (exact) mass is 555 g/mol. The van der Waals surface area contributed by atoms with E-state index in [2.05, 4.69) is 29.9 Å². The largest absolute Gasteiger partial charge is 0.431 e. The number of rotatable bonds is 4. The van der Waals surface area contributed by atoms with Gasteiger partial charge in [0.2, 0.25) is 0 Å². The molecular weight excluding hydrogens is 514 g/mol. The van der Waals surface area contributed by atoms with E-state index in [4.69, 9.17) is 19.4 Å². The van der Waals surface area contributed by atoms with Gasteiger partial charge in [-0.2, -0.15) is 0 Å². The van der Waals surface area contributed by atoms with Crippen LogP contribution in [0.3, 0.4) is 0 Å². The predicted molar refractivity (Wildman–Crippen MR) is 145 cm³/mol. The Labute approximate surface area is 234 Å². The summed E-state index contributed by atoms with van der Waals surface area (Å²) >= 11 is 0. The molecule has 1 saturated heterocycles. The zero-order valence-corrected chi connectivity index (χ0v) is 23.5. The van der Waals surface area contributed by atoms with Gasteiger partial charge in [-0.1, -0.05) is 30.6 Å². The fraction of sp³-hybridized carbons (Fsp3) is 0.767. The second kappa shape index (κ2) is 9.96. The number of nitrogens with zero attached hydrogens (tertiary/aromatic N) is 3. The Morgan fingerprint density at radius 1 is 1.07 bits per heavy atom. The van der Waals surface area contributed by atoms with Crippen molar-refractivity contribution in [1.29, 1.82) is 0 Å². The summed E-state index contributed by atoms with van der Waals surface area (Å²) in [4.78, 5) is 14.3. The van der Waals surface area contributed by atoms with Crippen molar-refractivity contribution in [3.8, 4) is 0 Å². The highest BCUT2D eigenvalue weighted by atomic mass is 16.7. The molecule has 10 heteroatoms. The molecule has 218 valence electrons. The van der Waals surface area contributed by atoms with Gasteiger partial charge in [-0.05, 0) is 98.6 Å². The van der Waals surface area contributed by atoms with Crippen molar-refractivity contribution in [3.63, 3.8) is 0 Å². The average molecular weight is 556 g/mol. The molecule has 1 aromatic rings. The number of ether oxygens (including phenoxy) is 2. The third-order valence-electron chi connectivity index (χ3n) is 11.7. The summed E-state index contributed by atoms with van der Waals surface area (Å²) in [5.41, 5.74) is 9.71. The van der Waals surface area contributed by atoms with Crippen LogP contribution in [0.5, 0.6) is 0 Å². The Bertz CT molecular complexity index is 1260. The molecule has 0 amide bonds. The van der Waals surface area contributed by atoms with Gasteiger partial charge in [0.25, 0.3) is 0 Å². The van der Waals surface area contributed by atoms with Gasteiger partial charge in [-0.25, -0.2) is 4.79 Å². The first-order valence-electron chi connectivity index (χ1n) is 14.8. The average Bonchev–Trinajstić information content (AvgIpc) is 3.21. The van der Waals surface area contributed by atoms with Crippen molar-refractivity contribution < 1.29 is 29.2 Å². The summed E-state index contributed by atoms with van der Waals surface area (Å²) < 4.78 is 17.2. The zero-order chi connectivity index (χ0) is 28.4. The van der Waals surface area contributed by atoms with E-state index in [-0.39, 0.29) is 34.4 Å². The van der Waals surface area contributed by atoms with E-state index in [9.17, 15) is 20.1 Å². The summed E-state index contributed by atoms with van der Waals surface area (Å²) in [5, 5.41) is 37.1. The van der Waals surface area contributed by atoms with E-state index in [0.29, 0.717) is 5.92 Å². The predicted octanol–water partition coefficient (Wildman–Crippen LogP) is 4.33. The fourth-order valence-corrected chi connectivity index (χ4v) is 9.39. The standard InChI is InChI=1S/C30H41N3O7/c1-16-24(32-33-31)25(35)26(36)27(39-16)40-19-8-11-28(2)18(14-19)5-6-22-21(28)9-12-29(3)20(10-13-30(22,29)37)17-4-7-23(34)38-15-17/h4,7,14-16,19-22,24-27,35-37H,5-6,8-13H2,1-3H3/t16-,19-,20+,21?,22?,24+,25?,26+,27-,28-,29+,30-/m0/s1. The summed E-state index contributed by atoms with van der Waals surface area (Å²) in [5.74, 6) is 0.723. The summed E-state index contributed by atoms with van der Waals surface area (Å²) in [6.07, 6.45) is 6.39. The Morgan fingerprint density at radius 3 is 2.60 bits per heavy atom. The second-order valence-corrected chi connectivity index (χ2v) is 13.3. The van der Waals surface area contributed by atoms with E-state index in [1.165, 1.54) is 11.6 Å². The number of allylic oxidation sites excluding steroid dienone is 1. The molecule has 10 nitrogen and oxygen atoms in total. The first kappa shape index (κ1) is 27.9. The fourth-order valence-electron chi connectivity index (χ4n) is 9.39. The zero-order valence-electron chi connectivity index (χ0n) is 23.5. The molecule has 0 aromatic carbocycles. The van der Waals surface area contributed by atoms with Crippen LogP contribution in [0.1, 0.15) is 83.6 Å². The van der Waals surface area contributed by atoms with Gasteiger partial charge < -0.3 is 29.2 Å². The number of aliphatic hydroxyl groups is 3. The Morgan fingerprint density at radius 2 is 1.88 bits per heavy atom. The molecule has 1 aliphatic heterocycles. The number of fused-ring (bicyclic) bond motifs is 5. The van der Waals surface area contributed by atoms with Gasteiger partial charge in [-0.15, -0.1) is 0 Å². The van der Waals surface area contributed by atoms with Gasteiger partial charge in [0.05, 0.1) is 36.2 Å². The van der Waals surface area contributed by atoms with Gasteiger partial charge in [0.1, 0.15) is 6.10 Å². The van der Waals surface area contributed by atoms with Crippen LogP contribution in [0.4, 0.5) is 0 Å². The van der Waals surface area contributed by atoms with Crippen LogP contribution >= 0.6 is 0 Å². The number of azide groups is 1. The van der Waals surface area contributed by atoms with Crippen LogP contribution in [0.25, 0.3) is 10.4 Å². The molecule has 40 heavy (non-hydrogen) atoms. The Hall–Kier alpha value is -2.20. The van der Waals surface area contributed by atoms with Gasteiger partial charge in [0.15, 0.2) is 6.29 Å². The van der Waals surface area contributed by atoms with Crippen molar-refractivity contribution in [1.82, 2.24) is 0 Å². The van der Waals surface area contributed by atoms with Crippen molar-refractivity contribution >= 4 is 0 Å². The first-order chi connectivity index (χ1) is 19.0. The lowest BCUT2D eigenvalue weighted by atomic mass is 9.45. The topological polar surface area (TPSA) is 158 Å². The minimum Gasteiger partial charge on any atom is -0.431 e. The van der Waals surface area contributed by atoms with Crippen LogP contribution < -0.4 is 5.63 Å². The van der Waals surface area contributed by atoms with Crippen LogP contribution in [0, 0.1) is 22.7 Å². The lowest BCUT2D eigenvalue weighted by Gasteiger charge is -2.62. The lowest BCUT2D eigenvalue weighted by Crippen LogP contribution is -2.60. The molecule has 0 radical (unpaired) electrons. The maximum Gasteiger partial charge on any atom is 0.335 e. The van der Waals surface area contributed by atoms with Crippen molar-refractivity contribution in [2.24, 2.45) is 27.8 Å². The molecule has 6 rings (SSSR count). The van der Waals surface area contributed by atoms with E-state index >= 15 is 0 Å². The molecule has 12 atom stereocenters. The molecule has 3 saturated carbocycles. The second-order valence-electron chi connectivity index (χ2n) is 13.3. The van der Waals surface area contributed by atoms with Crippen LogP contribution in [-0.4, -0.2) is 57.7 Å². The molecule has 3 N–H and O–H groups in total. The van der Waals surface area contributed by atoms with Crippen molar-refractivity contribution in [3.05, 3.63) is 56.5 Å². The Kier molecular flexibility index (Phi) is 6.96. The van der Waals surface area contributed by atoms with E-state index in [1.54, 1.807) is 13.2 Å². The van der Waals surface area contributed by atoms with Crippen LogP contribution in [0.2, 0.25) is 0 Å². The van der Waals surface area contributed by atoms with Crippen LogP contribution in [0.15, 0.2) is 44.4 Å². The summed E-state index contributed by atoms with van der Waals surface area (Å²) in [6, 6.07) is 2.48. The minimum atomic E-state index is -1.31. The summed E-state index contributed by atoms with van der Waals surface area (Å²) in [7, 11) is 0. The number of hydrogen-bond donors (Lipinski definition) is 3. The molecule has 1 aromatic heterocycles. The third-order valence-corrected chi connectivity index (χ3v) is 11.7. The van der Waals surface area contributed by atoms with E-state index < -0.39 is 36.2 Å². The quantitative estimate of drug-likeness (QED) is 0.216. The van der Waals surface area contributed by atoms with Crippen LogP contribution in [-0.2, 0) is 9.47 Å². The van der Waals surface area contributed by atoms with Gasteiger partial charge in [-0.3, -0.25) is 0 Å². The molecular formula is C30H41N3O7. The van der Waals surface area contributed by atoms with E-state index in [0.717, 1.165) is 56.9 Å². The SMILES string of the molecule is C[C@@H]1O[C@@H](O[C@@H]2C=C3CCC4C(CC[C@]5(C)[C@@H](c6ccc(=O)oc6)CC[C@]45O)[C@@]3(C)CC2)[C@H](O)C(O)[C@@H]1N=[N+]=[N-]. The smallest absolute Gasteiger partial charge is 0.335 e. The highest BCUT2D eigenvalue weighted by Crippen LogP contribution is 2.70. The van der Waals surface area contributed by atoms with Gasteiger partial charge in [0, 0.05) is 16.4 Å². The van der Waals surface area contributed by atoms with Crippen molar-refractivity contribution in [2.75, 3.05) is 0 Å². The summed E-state index contributed by atoms with van der Waals surface area (Å²) in [6.45, 7) is 6.28. The highest BCUT2D eigenvalue weighted by Gasteiger charge is 2.66. The highest BCUT2D eigenvalue weighted by molar-refractivity contribution is 5.31. The maximum atomic E-state index is 12.4. The van der Waals surface area contributed by atoms with Crippen molar-refractivity contribution in [2.45, 2.75) is 120 Å². The molecule has 4 fully saturated rings. The van der Waals surface area contributed by atoms with Gasteiger partial charge >= 0.3 is 5.63 Å². The normalized spacial score (nSPS) is 48.2. The third kappa shape index (κ3) is 4.10. The van der Waals surface area contributed by atoms with E-state index in [1.807, 2.05) is 6.07 Å². The lowest BCUT2D eigenvalue weighted by molar-refractivity contribution is -0.279. The molecule has 0 bridgehead atoms. The number of hydrogen-bond acceptors (Lipinski definition) is 8.